The van der Waals surface area contributed by atoms with Crippen LogP contribution in [0.1, 0.15) is 27.7 Å². The molecule has 0 aliphatic heterocycles. The van der Waals surface area contributed by atoms with Gasteiger partial charge < -0.3 is 0 Å². The van der Waals surface area contributed by atoms with Crippen molar-refractivity contribution in [1.82, 2.24) is 0 Å². The SMILES string of the molecule is CCP(CC)(CC)=NC(C)=O. The van der Waals surface area contributed by atoms with Crippen molar-refractivity contribution in [2.24, 2.45) is 4.74 Å². The highest BCUT2D eigenvalue weighted by molar-refractivity contribution is 7.66. The van der Waals surface area contributed by atoms with E-state index in [0.29, 0.717) is 0 Å². The van der Waals surface area contributed by atoms with Crippen LogP contribution in [0.5, 0.6) is 0 Å². The molecule has 0 aliphatic rings. The van der Waals surface area contributed by atoms with Gasteiger partial charge in [0.05, 0.1) is 0 Å². The van der Waals surface area contributed by atoms with Crippen LogP contribution in [0.4, 0.5) is 0 Å². The normalized spacial score (nSPS) is 11.3. The molecule has 0 radical (unpaired) electrons. The Hall–Kier alpha value is -0.100. The maximum Gasteiger partial charge on any atom is 0.241 e. The van der Waals surface area contributed by atoms with Gasteiger partial charge in [-0.15, -0.1) is 0 Å². The molecule has 0 aromatic rings. The van der Waals surface area contributed by atoms with Crippen molar-refractivity contribution in [3.05, 3.63) is 0 Å². The average molecular weight is 175 g/mol. The molecule has 0 aliphatic carbocycles. The summed E-state index contributed by atoms with van der Waals surface area (Å²) >= 11 is 0. The van der Waals surface area contributed by atoms with E-state index < -0.39 is 7.05 Å². The fourth-order valence-electron chi connectivity index (χ4n) is 1.18. The Labute approximate surface area is 69.4 Å². The molecule has 0 atom stereocenters. The zero-order valence-electron chi connectivity index (χ0n) is 7.92. The summed E-state index contributed by atoms with van der Waals surface area (Å²) in [5.74, 6) is 0.00360. The standard InChI is InChI=1S/C8H18NOP/c1-5-11(6-2,7-3)9-8(4)10/h5-7H2,1-4H3. The third kappa shape index (κ3) is 3.20. The molecule has 66 valence electrons. The highest BCUT2D eigenvalue weighted by Gasteiger charge is 2.12. The second-order valence-corrected chi connectivity index (χ2v) is 6.95. The van der Waals surface area contributed by atoms with E-state index in [1.165, 1.54) is 0 Å². The summed E-state index contributed by atoms with van der Waals surface area (Å²) in [5, 5.41) is 0. The van der Waals surface area contributed by atoms with Crippen LogP contribution in [0, 0.1) is 0 Å². The van der Waals surface area contributed by atoms with Crippen LogP contribution in [-0.2, 0) is 4.79 Å². The van der Waals surface area contributed by atoms with Gasteiger partial charge in [0.25, 0.3) is 0 Å². The minimum Gasteiger partial charge on any atom is -0.273 e. The highest BCUT2D eigenvalue weighted by atomic mass is 31.2. The number of hydrogen-bond donors (Lipinski definition) is 0. The van der Waals surface area contributed by atoms with Crippen LogP contribution in [0.15, 0.2) is 4.74 Å². The van der Waals surface area contributed by atoms with Crippen LogP contribution in [-0.4, -0.2) is 24.4 Å². The molecule has 0 spiro atoms. The second kappa shape index (κ2) is 4.71. The summed E-state index contributed by atoms with van der Waals surface area (Å²) in [7, 11) is -1.22. The predicted molar refractivity (Wildman–Crippen MR) is 51.7 cm³/mol. The molecule has 0 aromatic heterocycles. The lowest BCUT2D eigenvalue weighted by Crippen LogP contribution is -1.96. The van der Waals surface area contributed by atoms with Crippen LogP contribution in [0.25, 0.3) is 0 Å². The van der Waals surface area contributed by atoms with Gasteiger partial charge in [0.1, 0.15) is 0 Å². The molecule has 0 fully saturated rings. The van der Waals surface area contributed by atoms with Gasteiger partial charge in [0.15, 0.2) is 0 Å². The molecule has 0 aromatic carbocycles. The number of carbonyl (C=O) groups excluding carboxylic acids is 1. The number of hydrogen-bond acceptors (Lipinski definition) is 1. The Morgan fingerprint density at radius 3 is 1.64 bits per heavy atom. The van der Waals surface area contributed by atoms with Gasteiger partial charge >= 0.3 is 0 Å². The van der Waals surface area contributed by atoms with E-state index in [0.717, 1.165) is 18.5 Å². The van der Waals surface area contributed by atoms with E-state index in [2.05, 4.69) is 25.5 Å². The van der Waals surface area contributed by atoms with Crippen molar-refractivity contribution in [3.8, 4) is 0 Å². The van der Waals surface area contributed by atoms with Crippen LogP contribution >= 0.6 is 7.05 Å². The molecule has 0 N–H and O–H groups in total. The molecule has 1 amide bonds. The van der Waals surface area contributed by atoms with Gasteiger partial charge in [-0.1, -0.05) is 20.8 Å². The smallest absolute Gasteiger partial charge is 0.241 e. The minimum absolute atomic E-state index is 0.00360. The highest BCUT2D eigenvalue weighted by Crippen LogP contribution is 2.48. The molecular formula is C8H18NOP. The van der Waals surface area contributed by atoms with Crippen molar-refractivity contribution >= 4 is 13.0 Å². The summed E-state index contributed by atoms with van der Waals surface area (Å²) in [5.41, 5.74) is 0. The first-order valence-corrected chi connectivity index (χ1v) is 6.50. The average Bonchev–Trinajstić information content (AvgIpc) is 2.00. The molecule has 0 heterocycles. The Morgan fingerprint density at radius 1 is 1.18 bits per heavy atom. The first-order valence-electron chi connectivity index (χ1n) is 4.20. The number of amides is 1. The van der Waals surface area contributed by atoms with E-state index >= 15 is 0 Å². The third-order valence-electron chi connectivity index (χ3n) is 2.12. The fourth-order valence-corrected chi connectivity index (χ4v) is 3.55. The quantitative estimate of drug-likeness (QED) is 0.606. The van der Waals surface area contributed by atoms with Crippen molar-refractivity contribution < 1.29 is 4.79 Å². The first-order chi connectivity index (χ1) is 5.10. The lowest BCUT2D eigenvalue weighted by atomic mass is 10.8. The van der Waals surface area contributed by atoms with Crippen molar-refractivity contribution in [3.63, 3.8) is 0 Å². The molecule has 0 unspecified atom stereocenters. The first kappa shape index (κ1) is 10.9. The zero-order chi connectivity index (χ0) is 8.91. The molecule has 3 heteroatoms. The summed E-state index contributed by atoms with van der Waals surface area (Å²) in [4.78, 5) is 10.8. The molecule has 0 saturated heterocycles. The van der Waals surface area contributed by atoms with E-state index in [1.54, 1.807) is 6.92 Å². The van der Waals surface area contributed by atoms with Crippen LogP contribution in [0.3, 0.4) is 0 Å². The maximum atomic E-state index is 10.8. The van der Waals surface area contributed by atoms with Crippen molar-refractivity contribution in [1.29, 1.82) is 0 Å². The lowest BCUT2D eigenvalue weighted by Gasteiger charge is -2.17. The number of carbonyl (C=O) groups is 1. The van der Waals surface area contributed by atoms with Gasteiger partial charge in [-0.2, -0.15) is 0 Å². The van der Waals surface area contributed by atoms with Gasteiger partial charge in [-0.05, 0) is 25.5 Å². The lowest BCUT2D eigenvalue weighted by molar-refractivity contribution is -0.115. The monoisotopic (exact) mass is 175 g/mol. The van der Waals surface area contributed by atoms with E-state index in [1.807, 2.05) is 0 Å². The molecule has 0 rings (SSSR count). The fraction of sp³-hybridized carbons (Fsp3) is 0.875. The zero-order valence-corrected chi connectivity index (χ0v) is 8.82. The molecule has 11 heavy (non-hydrogen) atoms. The maximum absolute atomic E-state index is 10.8. The summed E-state index contributed by atoms with van der Waals surface area (Å²) in [6.45, 7) is 7.95. The topological polar surface area (TPSA) is 29.4 Å². The molecule has 0 bridgehead atoms. The van der Waals surface area contributed by atoms with Gasteiger partial charge in [0, 0.05) is 6.92 Å². The molecular weight excluding hydrogens is 157 g/mol. The van der Waals surface area contributed by atoms with Gasteiger partial charge in [-0.25, -0.2) is 4.74 Å². The minimum atomic E-state index is -1.22. The van der Waals surface area contributed by atoms with Crippen molar-refractivity contribution in [2.45, 2.75) is 27.7 Å². The van der Waals surface area contributed by atoms with Gasteiger partial charge in [0.2, 0.25) is 5.91 Å². The third-order valence-corrected chi connectivity index (χ3v) is 6.36. The Balaban J connectivity index is 4.66. The largest absolute Gasteiger partial charge is 0.273 e. The summed E-state index contributed by atoms with van der Waals surface area (Å²) in [6.07, 6.45) is 3.21. The Kier molecular flexibility index (Phi) is 4.67. The van der Waals surface area contributed by atoms with E-state index in [9.17, 15) is 4.79 Å². The van der Waals surface area contributed by atoms with E-state index in [-0.39, 0.29) is 5.91 Å². The molecule has 0 saturated carbocycles. The summed E-state index contributed by atoms with van der Waals surface area (Å²) < 4.78 is 4.24. The Morgan fingerprint density at radius 2 is 1.55 bits per heavy atom. The Bertz CT molecular complexity index is 168. The number of rotatable bonds is 3. The molecule has 2 nitrogen and oxygen atoms in total. The van der Waals surface area contributed by atoms with E-state index in [4.69, 9.17) is 0 Å². The summed E-state index contributed by atoms with van der Waals surface area (Å²) in [6, 6.07) is 0. The van der Waals surface area contributed by atoms with Crippen LogP contribution in [0.2, 0.25) is 0 Å². The van der Waals surface area contributed by atoms with Crippen LogP contribution < -0.4 is 0 Å². The van der Waals surface area contributed by atoms with Gasteiger partial charge in [-0.3, -0.25) is 4.79 Å². The van der Waals surface area contributed by atoms with Crippen molar-refractivity contribution in [2.75, 3.05) is 18.5 Å². The number of nitrogens with zero attached hydrogens (tertiary/aromatic N) is 1. The predicted octanol–water partition coefficient (Wildman–Crippen LogP) is 2.79. The second-order valence-electron chi connectivity index (χ2n) is 2.66.